The Balaban J connectivity index is 2.50. The van der Waals surface area contributed by atoms with Gasteiger partial charge in [-0.25, -0.2) is 4.98 Å². The van der Waals surface area contributed by atoms with Crippen LogP contribution in [0.15, 0.2) is 23.1 Å². The average molecular weight is 390 g/mol. The van der Waals surface area contributed by atoms with Gasteiger partial charge in [0.2, 0.25) is 0 Å². The predicted molar refractivity (Wildman–Crippen MR) is 84.4 cm³/mol. The number of H-pyrrole nitrogens is 1. The summed E-state index contributed by atoms with van der Waals surface area (Å²) in [5.41, 5.74) is 1.30. The Labute approximate surface area is 129 Å². The number of pyridine rings is 1. The van der Waals surface area contributed by atoms with Gasteiger partial charge in [0.05, 0.1) is 14.3 Å². The molecule has 6 heteroatoms. The first-order chi connectivity index (χ1) is 8.97. The van der Waals surface area contributed by atoms with E-state index in [1.807, 2.05) is 22.6 Å². The van der Waals surface area contributed by atoms with Crippen molar-refractivity contribution in [3.8, 4) is 11.5 Å². The maximum absolute atomic E-state index is 11.9. The molecule has 0 unspecified atom stereocenters. The summed E-state index contributed by atoms with van der Waals surface area (Å²) in [6, 6.07) is 3.47. The van der Waals surface area contributed by atoms with Crippen molar-refractivity contribution < 1.29 is 0 Å². The van der Waals surface area contributed by atoms with E-state index in [2.05, 4.69) is 28.8 Å². The normalized spacial score (nSPS) is 11.0. The minimum absolute atomic E-state index is 0.127. The van der Waals surface area contributed by atoms with E-state index < -0.39 is 0 Å². The quantitative estimate of drug-likeness (QED) is 0.820. The van der Waals surface area contributed by atoms with E-state index in [0.717, 1.165) is 12.1 Å². The van der Waals surface area contributed by atoms with Crippen LogP contribution in [0.2, 0.25) is 5.02 Å². The molecule has 0 saturated heterocycles. The van der Waals surface area contributed by atoms with Crippen molar-refractivity contribution in [2.24, 2.45) is 5.92 Å². The summed E-state index contributed by atoms with van der Waals surface area (Å²) >= 11 is 7.83. The van der Waals surface area contributed by atoms with Crippen LogP contribution < -0.4 is 5.56 Å². The molecule has 4 nitrogen and oxygen atoms in total. The van der Waals surface area contributed by atoms with Crippen LogP contribution in [0, 0.1) is 9.49 Å². The van der Waals surface area contributed by atoms with E-state index in [1.165, 1.54) is 6.20 Å². The number of rotatable bonds is 3. The molecule has 0 aromatic carbocycles. The number of aromatic amines is 1. The monoisotopic (exact) mass is 389 g/mol. The van der Waals surface area contributed by atoms with Gasteiger partial charge in [0.1, 0.15) is 5.69 Å². The van der Waals surface area contributed by atoms with Crippen LogP contribution in [-0.4, -0.2) is 15.0 Å². The molecule has 0 saturated carbocycles. The lowest BCUT2D eigenvalue weighted by Crippen LogP contribution is -2.17. The number of halogens is 2. The summed E-state index contributed by atoms with van der Waals surface area (Å²) in [7, 11) is 0. The smallest absolute Gasteiger partial charge is 0.264 e. The second kappa shape index (κ2) is 6.00. The molecule has 2 heterocycles. The van der Waals surface area contributed by atoms with E-state index in [-0.39, 0.29) is 5.56 Å². The Morgan fingerprint density at radius 1 is 1.42 bits per heavy atom. The van der Waals surface area contributed by atoms with Gasteiger partial charge in [-0.3, -0.25) is 9.78 Å². The van der Waals surface area contributed by atoms with Crippen molar-refractivity contribution in [3.63, 3.8) is 0 Å². The summed E-state index contributed by atoms with van der Waals surface area (Å²) in [5.74, 6) is 0.923. The van der Waals surface area contributed by atoms with Gasteiger partial charge < -0.3 is 4.98 Å². The topological polar surface area (TPSA) is 58.6 Å². The maximum atomic E-state index is 11.9. The molecule has 0 fully saturated rings. The number of nitrogens with one attached hydrogen (secondary N) is 1. The van der Waals surface area contributed by atoms with Crippen LogP contribution in [0.1, 0.15) is 19.5 Å². The zero-order valence-corrected chi connectivity index (χ0v) is 13.5. The van der Waals surface area contributed by atoms with Crippen molar-refractivity contribution in [2.75, 3.05) is 0 Å². The van der Waals surface area contributed by atoms with E-state index in [0.29, 0.717) is 26.0 Å². The molecule has 2 aromatic heterocycles. The van der Waals surface area contributed by atoms with Gasteiger partial charge in [-0.05, 0) is 47.1 Å². The number of aromatic nitrogens is 3. The van der Waals surface area contributed by atoms with Crippen LogP contribution >= 0.6 is 34.2 Å². The summed E-state index contributed by atoms with van der Waals surface area (Å²) in [6.07, 6.45) is 2.31. The first-order valence-electron chi connectivity index (χ1n) is 5.88. The third kappa shape index (κ3) is 3.54. The molecule has 0 aliphatic carbocycles. The lowest BCUT2D eigenvalue weighted by Gasteiger charge is -2.08. The molecule has 1 N–H and O–H groups in total. The van der Waals surface area contributed by atoms with Gasteiger partial charge in [0.15, 0.2) is 5.82 Å². The molecule has 2 rings (SSSR count). The molecule has 0 spiro atoms. The summed E-state index contributed by atoms with van der Waals surface area (Å²) in [5, 5.41) is 0.555. The van der Waals surface area contributed by atoms with Gasteiger partial charge in [-0.1, -0.05) is 25.4 Å². The molecule has 0 atom stereocenters. The van der Waals surface area contributed by atoms with E-state index in [1.54, 1.807) is 12.1 Å². The molecule has 100 valence electrons. The van der Waals surface area contributed by atoms with Gasteiger partial charge in [-0.2, -0.15) is 0 Å². The van der Waals surface area contributed by atoms with Gasteiger partial charge in [0, 0.05) is 6.20 Å². The van der Waals surface area contributed by atoms with Crippen molar-refractivity contribution in [1.82, 2.24) is 15.0 Å². The molecule has 0 amide bonds. The Hall–Kier alpha value is -0.950. The predicted octanol–water partition coefficient (Wildman–Crippen LogP) is 3.29. The molecule has 0 radical (unpaired) electrons. The average Bonchev–Trinajstić information content (AvgIpc) is 2.35. The standard InChI is InChI=1S/C13H13ClIN3O/c1-7(2)5-10-11(15)13(19)18-12(17-10)9-4-3-8(14)6-16-9/h3-4,6-7H,5H2,1-2H3,(H,17,18,19). The zero-order chi connectivity index (χ0) is 14.0. The van der Waals surface area contributed by atoms with Crippen molar-refractivity contribution in [3.05, 3.63) is 43.0 Å². The Kier molecular flexibility index (Phi) is 4.57. The minimum atomic E-state index is -0.127. The number of hydrogen-bond acceptors (Lipinski definition) is 3. The fourth-order valence-corrected chi connectivity index (χ4v) is 2.25. The van der Waals surface area contributed by atoms with E-state index >= 15 is 0 Å². The Morgan fingerprint density at radius 2 is 2.16 bits per heavy atom. The second-order valence-electron chi connectivity index (χ2n) is 4.63. The van der Waals surface area contributed by atoms with Gasteiger partial charge in [0.25, 0.3) is 5.56 Å². The van der Waals surface area contributed by atoms with Crippen LogP contribution in [0.4, 0.5) is 0 Å². The lowest BCUT2D eigenvalue weighted by molar-refractivity contribution is 0.631. The van der Waals surface area contributed by atoms with E-state index in [9.17, 15) is 4.79 Å². The Bertz CT molecular complexity index is 637. The third-order valence-electron chi connectivity index (χ3n) is 2.50. The number of nitrogens with zero attached hydrogens (tertiary/aromatic N) is 2. The lowest BCUT2D eigenvalue weighted by atomic mass is 10.1. The van der Waals surface area contributed by atoms with Crippen molar-refractivity contribution >= 4 is 34.2 Å². The molecular weight excluding hydrogens is 377 g/mol. The highest BCUT2D eigenvalue weighted by Crippen LogP contribution is 2.17. The van der Waals surface area contributed by atoms with Gasteiger partial charge >= 0.3 is 0 Å². The third-order valence-corrected chi connectivity index (χ3v) is 3.84. The molecule has 2 aromatic rings. The van der Waals surface area contributed by atoms with Crippen LogP contribution in [0.3, 0.4) is 0 Å². The molecule has 0 aliphatic heterocycles. The zero-order valence-electron chi connectivity index (χ0n) is 10.6. The van der Waals surface area contributed by atoms with E-state index in [4.69, 9.17) is 11.6 Å². The Morgan fingerprint density at radius 3 is 2.74 bits per heavy atom. The molecular formula is C13H13ClIN3O. The molecule has 0 bridgehead atoms. The second-order valence-corrected chi connectivity index (χ2v) is 6.15. The largest absolute Gasteiger partial charge is 0.304 e. The highest BCUT2D eigenvalue weighted by atomic mass is 127. The van der Waals surface area contributed by atoms with Crippen LogP contribution in [0.5, 0.6) is 0 Å². The first-order valence-corrected chi connectivity index (χ1v) is 7.33. The van der Waals surface area contributed by atoms with Crippen LogP contribution in [0.25, 0.3) is 11.5 Å². The fraction of sp³-hybridized carbons (Fsp3) is 0.308. The highest BCUT2D eigenvalue weighted by molar-refractivity contribution is 14.1. The molecule has 19 heavy (non-hydrogen) atoms. The molecule has 0 aliphatic rings. The first kappa shape index (κ1) is 14.5. The van der Waals surface area contributed by atoms with Crippen LogP contribution in [-0.2, 0) is 6.42 Å². The fourth-order valence-electron chi connectivity index (χ4n) is 1.66. The SMILES string of the molecule is CC(C)Cc1nc(-c2ccc(Cl)cn2)[nH]c(=O)c1I. The van der Waals surface area contributed by atoms with Crippen molar-refractivity contribution in [2.45, 2.75) is 20.3 Å². The van der Waals surface area contributed by atoms with Gasteiger partial charge in [-0.15, -0.1) is 0 Å². The maximum Gasteiger partial charge on any atom is 0.264 e. The number of hydrogen-bond donors (Lipinski definition) is 1. The summed E-state index contributed by atoms with van der Waals surface area (Å²) < 4.78 is 0.643. The summed E-state index contributed by atoms with van der Waals surface area (Å²) in [6.45, 7) is 4.19. The highest BCUT2D eigenvalue weighted by Gasteiger charge is 2.12. The van der Waals surface area contributed by atoms with Crippen molar-refractivity contribution in [1.29, 1.82) is 0 Å². The summed E-state index contributed by atoms with van der Waals surface area (Å²) in [4.78, 5) is 23.3. The minimum Gasteiger partial charge on any atom is -0.304 e.